The zero-order valence-electron chi connectivity index (χ0n) is 11.8. The second kappa shape index (κ2) is 5.17. The summed E-state index contributed by atoms with van der Waals surface area (Å²) in [7, 11) is 5.86. The fourth-order valence-electron chi connectivity index (χ4n) is 2.63. The Hall–Kier alpha value is -1.62. The highest BCUT2D eigenvalue weighted by molar-refractivity contribution is 5.93. The third kappa shape index (κ3) is 2.56. The zero-order chi connectivity index (χ0) is 14.0. The van der Waals surface area contributed by atoms with Crippen molar-refractivity contribution in [2.75, 3.05) is 27.7 Å². The number of carbonyl (C=O) groups excluding carboxylic acids is 1. The van der Waals surface area contributed by atoms with Crippen LogP contribution in [0.3, 0.4) is 0 Å². The first-order valence-corrected chi connectivity index (χ1v) is 6.56. The summed E-state index contributed by atoms with van der Waals surface area (Å²) in [6, 6.07) is 1.38. The van der Waals surface area contributed by atoms with E-state index < -0.39 is 0 Å². The average molecular weight is 263 g/mol. The lowest BCUT2D eigenvalue weighted by atomic mass is 9.75. The zero-order valence-corrected chi connectivity index (χ0v) is 11.8. The van der Waals surface area contributed by atoms with Crippen LogP contribution < -0.4 is 5.43 Å². The predicted molar refractivity (Wildman–Crippen MR) is 74.3 cm³/mol. The molecule has 1 saturated carbocycles. The summed E-state index contributed by atoms with van der Waals surface area (Å²) >= 11 is 0. The fraction of sp³-hybridized carbons (Fsp3) is 0.571. The van der Waals surface area contributed by atoms with Crippen LogP contribution in [0.15, 0.2) is 23.3 Å². The van der Waals surface area contributed by atoms with Crippen LogP contribution >= 0.6 is 0 Å². The predicted octanol–water partition coefficient (Wildman–Crippen LogP) is 0.931. The van der Waals surface area contributed by atoms with E-state index in [-0.39, 0.29) is 22.4 Å². The number of H-pyrrole nitrogens is 1. The fourth-order valence-corrected chi connectivity index (χ4v) is 2.63. The summed E-state index contributed by atoms with van der Waals surface area (Å²) in [6.07, 6.45) is 6.41. The summed E-state index contributed by atoms with van der Waals surface area (Å²) in [5.41, 5.74) is 0.0488. The molecule has 2 rings (SSSR count). The standard InChI is InChI=1S/C14H21N3O2/c1-16(2)14(6-4-7-14)10-17(3)13(19)11-9-15-8-5-12(11)18/h5,8-9H,4,6-7,10H2,1-3H3,(H,15,18). The van der Waals surface area contributed by atoms with E-state index in [1.54, 1.807) is 11.9 Å². The smallest absolute Gasteiger partial charge is 0.259 e. The van der Waals surface area contributed by atoms with Gasteiger partial charge in [0.2, 0.25) is 0 Å². The number of likely N-dealkylation sites (N-methyl/N-ethyl adjacent to an activating group) is 2. The van der Waals surface area contributed by atoms with E-state index in [1.165, 1.54) is 24.9 Å². The minimum Gasteiger partial charge on any atom is -0.367 e. The lowest BCUT2D eigenvalue weighted by Crippen LogP contribution is -2.57. The first-order chi connectivity index (χ1) is 8.96. The van der Waals surface area contributed by atoms with E-state index in [0.29, 0.717) is 6.54 Å². The molecule has 0 saturated heterocycles. The molecule has 1 aromatic heterocycles. The molecular weight excluding hydrogens is 242 g/mol. The maximum atomic E-state index is 12.3. The Balaban J connectivity index is 2.12. The minimum atomic E-state index is -0.233. The van der Waals surface area contributed by atoms with Crippen molar-refractivity contribution in [2.24, 2.45) is 0 Å². The number of nitrogens with one attached hydrogen (secondary N) is 1. The molecule has 19 heavy (non-hydrogen) atoms. The van der Waals surface area contributed by atoms with Gasteiger partial charge in [0.05, 0.1) is 0 Å². The molecule has 0 atom stereocenters. The van der Waals surface area contributed by atoms with Gasteiger partial charge in [-0.3, -0.25) is 9.59 Å². The van der Waals surface area contributed by atoms with Crippen molar-refractivity contribution in [3.8, 4) is 0 Å². The SMILES string of the molecule is CN(CC1(N(C)C)CCC1)C(=O)c1c[nH]ccc1=O. The van der Waals surface area contributed by atoms with E-state index in [4.69, 9.17) is 0 Å². The summed E-state index contributed by atoms with van der Waals surface area (Å²) in [4.78, 5) is 30.6. The second-order valence-corrected chi connectivity index (χ2v) is 5.56. The molecule has 0 radical (unpaired) electrons. The van der Waals surface area contributed by atoms with Gasteiger partial charge in [-0.1, -0.05) is 0 Å². The van der Waals surface area contributed by atoms with Crippen molar-refractivity contribution in [2.45, 2.75) is 24.8 Å². The Labute approximate surface area is 113 Å². The molecule has 1 heterocycles. The average Bonchev–Trinajstić information content (AvgIpc) is 2.32. The van der Waals surface area contributed by atoms with Crippen molar-refractivity contribution in [3.05, 3.63) is 34.2 Å². The number of pyridine rings is 1. The number of hydrogen-bond donors (Lipinski definition) is 1. The molecule has 1 aromatic rings. The number of nitrogens with zero attached hydrogens (tertiary/aromatic N) is 2. The summed E-state index contributed by atoms with van der Waals surface area (Å²) < 4.78 is 0. The van der Waals surface area contributed by atoms with Crippen LogP contribution in [0.25, 0.3) is 0 Å². The highest BCUT2D eigenvalue weighted by Crippen LogP contribution is 2.36. The van der Waals surface area contributed by atoms with Gasteiger partial charge in [0.15, 0.2) is 5.43 Å². The lowest BCUT2D eigenvalue weighted by Gasteiger charge is -2.49. The maximum Gasteiger partial charge on any atom is 0.259 e. The number of carbonyl (C=O) groups is 1. The van der Waals surface area contributed by atoms with Crippen molar-refractivity contribution in [3.63, 3.8) is 0 Å². The summed E-state index contributed by atoms with van der Waals surface area (Å²) in [5, 5.41) is 0. The Morgan fingerprint density at radius 2 is 2.05 bits per heavy atom. The number of aromatic nitrogens is 1. The molecule has 0 unspecified atom stereocenters. The molecule has 1 fully saturated rings. The number of rotatable bonds is 4. The molecular formula is C14H21N3O2. The molecule has 1 aliphatic carbocycles. The largest absolute Gasteiger partial charge is 0.367 e. The van der Waals surface area contributed by atoms with Crippen LogP contribution in [0.1, 0.15) is 29.6 Å². The Morgan fingerprint density at radius 1 is 1.37 bits per heavy atom. The lowest BCUT2D eigenvalue weighted by molar-refractivity contribution is 0.0252. The van der Waals surface area contributed by atoms with Gasteiger partial charge < -0.3 is 14.8 Å². The normalized spacial score (nSPS) is 17.1. The van der Waals surface area contributed by atoms with Gasteiger partial charge in [-0.25, -0.2) is 0 Å². The van der Waals surface area contributed by atoms with Crippen LogP contribution in [0, 0.1) is 0 Å². The van der Waals surface area contributed by atoms with E-state index in [9.17, 15) is 9.59 Å². The van der Waals surface area contributed by atoms with Crippen molar-refractivity contribution < 1.29 is 4.79 Å². The minimum absolute atomic E-state index is 0.0753. The monoisotopic (exact) mass is 263 g/mol. The highest BCUT2D eigenvalue weighted by Gasteiger charge is 2.40. The van der Waals surface area contributed by atoms with Gasteiger partial charge in [-0.15, -0.1) is 0 Å². The first-order valence-electron chi connectivity index (χ1n) is 6.56. The highest BCUT2D eigenvalue weighted by atomic mass is 16.2. The van der Waals surface area contributed by atoms with E-state index in [0.717, 1.165) is 12.8 Å². The van der Waals surface area contributed by atoms with Gasteiger partial charge in [0.1, 0.15) is 5.56 Å². The van der Waals surface area contributed by atoms with Gasteiger partial charge in [0, 0.05) is 37.6 Å². The molecule has 0 spiro atoms. The first kappa shape index (κ1) is 13.8. The van der Waals surface area contributed by atoms with Crippen LogP contribution in [0.2, 0.25) is 0 Å². The quantitative estimate of drug-likeness (QED) is 0.879. The molecule has 104 valence electrons. The molecule has 1 N–H and O–H groups in total. The third-order valence-corrected chi connectivity index (χ3v) is 4.17. The molecule has 1 aliphatic rings. The van der Waals surface area contributed by atoms with E-state index >= 15 is 0 Å². The van der Waals surface area contributed by atoms with Crippen LogP contribution in [0.5, 0.6) is 0 Å². The molecule has 0 aromatic carbocycles. The number of hydrogen-bond acceptors (Lipinski definition) is 3. The molecule has 5 nitrogen and oxygen atoms in total. The van der Waals surface area contributed by atoms with Gasteiger partial charge in [-0.2, -0.15) is 0 Å². The van der Waals surface area contributed by atoms with E-state index in [1.807, 2.05) is 14.1 Å². The number of aromatic amines is 1. The Bertz CT molecular complexity index is 517. The maximum absolute atomic E-state index is 12.3. The number of amides is 1. The topological polar surface area (TPSA) is 56.4 Å². The van der Waals surface area contributed by atoms with Crippen molar-refractivity contribution in [1.29, 1.82) is 0 Å². The van der Waals surface area contributed by atoms with Crippen LogP contribution in [-0.2, 0) is 0 Å². The molecule has 1 amide bonds. The van der Waals surface area contributed by atoms with Crippen LogP contribution in [-0.4, -0.2) is 53.9 Å². The summed E-state index contributed by atoms with van der Waals surface area (Å²) in [6.45, 7) is 0.660. The molecule has 0 bridgehead atoms. The summed E-state index contributed by atoms with van der Waals surface area (Å²) in [5.74, 6) is -0.213. The molecule has 0 aliphatic heterocycles. The third-order valence-electron chi connectivity index (χ3n) is 4.17. The molecule has 5 heteroatoms. The second-order valence-electron chi connectivity index (χ2n) is 5.56. The van der Waals surface area contributed by atoms with Crippen molar-refractivity contribution in [1.82, 2.24) is 14.8 Å². The Morgan fingerprint density at radius 3 is 2.53 bits per heavy atom. The Kier molecular flexibility index (Phi) is 3.75. The van der Waals surface area contributed by atoms with Crippen molar-refractivity contribution >= 4 is 5.91 Å². The van der Waals surface area contributed by atoms with Gasteiger partial charge in [-0.05, 0) is 33.4 Å². The van der Waals surface area contributed by atoms with Crippen LogP contribution in [0.4, 0.5) is 0 Å². The van der Waals surface area contributed by atoms with Gasteiger partial charge in [0.25, 0.3) is 5.91 Å². The van der Waals surface area contributed by atoms with E-state index in [2.05, 4.69) is 9.88 Å². The van der Waals surface area contributed by atoms with Gasteiger partial charge >= 0.3 is 0 Å².